The Morgan fingerprint density at radius 1 is 1.00 bits per heavy atom. The first-order chi connectivity index (χ1) is 16.1. The second-order valence-corrected chi connectivity index (χ2v) is 10.4. The molecular weight excluding hydrogens is 422 g/mol. The van der Waals surface area contributed by atoms with Crippen LogP contribution < -0.4 is 5.32 Å². The van der Waals surface area contributed by atoms with Gasteiger partial charge in [-0.05, 0) is 77.6 Å². The van der Waals surface area contributed by atoms with Crippen LogP contribution in [0.25, 0.3) is 27.9 Å². The van der Waals surface area contributed by atoms with Gasteiger partial charge in [-0.2, -0.15) is 5.10 Å². The molecule has 0 amide bonds. The van der Waals surface area contributed by atoms with Gasteiger partial charge in [-0.15, -0.1) is 0 Å². The molecular formula is C27H39N7. The van der Waals surface area contributed by atoms with E-state index in [2.05, 4.69) is 106 Å². The number of H-pyrrole nitrogens is 1. The SMILES string of the molecule is Cc1c(-c2[nH]c3ccc(N[C@H](C)CN(C(C)C)C(C)C)nc3c2C(C)C)cn2ncnc2c1C. The largest absolute Gasteiger partial charge is 0.366 e. The molecule has 0 aliphatic carbocycles. The minimum Gasteiger partial charge on any atom is -0.366 e. The number of aryl methyl sites for hydroxylation is 1. The van der Waals surface area contributed by atoms with Crippen molar-refractivity contribution >= 4 is 22.5 Å². The molecule has 0 aliphatic heterocycles. The number of fused-ring (bicyclic) bond motifs is 2. The standard InChI is InChI=1S/C27H39N7/c1-15(2)24-25(21-13-34-27(28-14-29-34)20(9)19(21)8)31-22-10-11-23(32-26(22)24)30-18(7)12-33(16(3)4)17(5)6/h10-11,13-18,31H,12H2,1-9H3,(H,30,32)/t18-/m1/s1. The molecule has 0 aromatic carbocycles. The van der Waals surface area contributed by atoms with E-state index in [1.54, 1.807) is 6.33 Å². The summed E-state index contributed by atoms with van der Waals surface area (Å²) in [7, 11) is 0. The van der Waals surface area contributed by atoms with Crippen LogP contribution in [-0.4, -0.2) is 54.1 Å². The molecule has 4 rings (SSSR count). The van der Waals surface area contributed by atoms with Crippen molar-refractivity contribution in [1.82, 2.24) is 29.5 Å². The van der Waals surface area contributed by atoms with Crippen LogP contribution in [0.5, 0.6) is 0 Å². The lowest BCUT2D eigenvalue weighted by atomic mass is 9.95. The second-order valence-electron chi connectivity index (χ2n) is 10.4. The molecule has 0 unspecified atom stereocenters. The van der Waals surface area contributed by atoms with Gasteiger partial charge in [0.25, 0.3) is 0 Å². The summed E-state index contributed by atoms with van der Waals surface area (Å²) >= 11 is 0. The van der Waals surface area contributed by atoms with Gasteiger partial charge >= 0.3 is 0 Å². The number of hydrogen-bond donors (Lipinski definition) is 2. The fraction of sp³-hybridized carbons (Fsp3) is 0.519. The lowest BCUT2D eigenvalue weighted by molar-refractivity contribution is 0.170. The van der Waals surface area contributed by atoms with Crippen molar-refractivity contribution in [3.05, 3.63) is 41.3 Å². The second kappa shape index (κ2) is 9.37. The Kier molecular flexibility index (Phi) is 6.67. The van der Waals surface area contributed by atoms with E-state index in [1.165, 1.54) is 11.1 Å². The summed E-state index contributed by atoms with van der Waals surface area (Å²) in [6.07, 6.45) is 3.69. The fourth-order valence-electron chi connectivity index (χ4n) is 5.03. The molecule has 0 radical (unpaired) electrons. The van der Waals surface area contributed by atoms with E-state index in [0.29, 0.717) is 18.0 Å². The quantitative estimate of drug-likeness (QED) is 0.340. The Labute approximate surface area is 203 Å². The Balaban J connectivity index is 1.74. The van der Waals surface area contributed by atoms with Crippen molar-refractivity contribution in [2.24, 2.45) is 0 Å². The summed E-state index contributed by atoms with van der Waals surface area (Å²) in [5.74, 6) is 1.23. The van der Waals surface area contributed by atoms with Gasteiger partial charge < -0.3 is 10.3 Å². The minimum atomic E-state index is 0.287. The van der Waals surface area contributed by atoms with Crippen LogP contribution in [0.15, 0.2) is 24.7 Å². The average Bonchev–Trinajstić information content (AvgIpc) is 3.38. The molecule has 7 nitrogen and oxygen atoms in total. The number of anilines is 1. The van der Waals surface area contributed by atoms with Gasteiger partial charge in [0.1, 0.15) is 12.1 Å². The molecule has 34 heavy (non-hydrogen) atoms. The highest BCUT2D eigenvalue weighted by atomic mass is 15.3. The lowest BCUT2D eigenvalue weighted by Gasteiger charge is -2.33. The Hall–Kier alpha value is -2.93. The number of rotatable bonds is 8. The van der Waals surface area contributed by atoms with E-state index in [0.717, 1.165) is 45.9 Å². The molecule has 4 heterocycles. The van der Waals surface area contributed by atoms with Gasteiger partial charge in [-0.25, -0.2) is 14.5 Å². The third-order valence-electron chi connectivity index (χ3n) is 6.86. The maximum absolute atomic E-state index is 5.09. The molecule has 0 bridgehead atoms. The van der Waals surface area contributed by atoms with Gasteiger partial charge in [0, 0.05) is 42.0 Å². The maximum atomic E-state index is 5.09. The molecule has 2 N–H and O–H groups in total. The van der Waals surface area contributed by atoms with E-state index < -0.39 is 0 Å². The zero-order chi connectivity index (χ0) is 24.7. The van der Waals surface area contributed by atoms with Crippen molar-refractivity contribution in [1.29, 1.82) is 0 Å². The first-order valence-corrected chi connectivity index (χ1v) is 12.4. The van der Waals surface area contributed by atoms with Gasteiger partial charge in [-0.1, -0.05) is 13.8 Å². The number of pyridine rings is 2. The highest BCUT2D eigenvalue weighted by Crippen LogP contribution is 2.37. The predicted octanol–water partition coefficient (Wildman–Crippen LogP) is 5.93. The number of aromatic amines is 1. The summed E-state index contributed by atoms with van der Waals surface area (Å²) in [5.41, 5.74) is 8.84. The molecule has 7 heteroatoms. The molecule has 182 valence electrons. The van der Waals surface area contributed by atoms with Crippen molar-refractivity contribution in [3.63, 3.8) is 0 Å². The summed E-state index contributed by atoms with van der Waals surface area (Å²) in [5, 5.41) is 8.03. The smallest absolute Gasteiger partial charge is 0.158 e. The zero-order valence-electron chi connectivity index (χ0n) is 22.1. The first kappa shape index (κ1) is 24.2. The van der Waals surface area contributed by atoms with Crippen LogP contribution in [-0.2, 0) is 0 Å². The number of nitrogens with one attached hydrogen (secondary N) is 2. The van der Waals surface area contributed by atoms with Crippen LogP contribution in [0.2, 0.25) is 0 Å². The monoisotopic (exact) mass is 461 g/mol. The van der Waals surface area contributed by atoms with Gasteiger partial charge in [-0.3, -0.25) is 4.90 Å². The summed E-state index contributed by atoms with van der Waals surface area (Å²) in [6.45, 7) is 21.0. The highest BCUT2D eigenvalue weighted by molar-refractivity contribution is 5.90. The third-order valence-corrected chi connectivity index (χ3v) is 6.86. The maximum Gasteiger partial charge on any atom is 0.158 e. The van der Waals surface area contributed by atoms with Crippen molar-refractivity contribution in [3.8, 4) is 11.3 Å². The van der Waals surface area contributed by atoms with E-state index in [-0.39, 0.29) is 6.04 Å². The molecule has 0 fully saturated rings. The zero-order valence-corrected chi connectivity index (χ0v) is 22.1. The Morgan fingerprint density at radius 3 is 2.35 bits per heavy atom. The van der Waals surface area contributed by atoms with Crippen LogP contribution in [0.3, 0.4) is 0 Å². The van der Waals surface area contributed by atoms with Crippen molar-refractivity contribution < 1.29 is 0 Å². The number of nitrogens with zero attached hydrogens (tertiary/aromatic N) is 5. The fourth-order valence-corrected chi connectivity index (χ4v) is 5.03. The topological polar surface area (TPSA) is 74.1 Å². The van der Waals surface area contributed by atoms with E-state index in [4.69, 9.17) is 4.98 Å². The van der Waals surface area contributed by atoms with E-state index in [1.807, 2.05) is 4.52 Å². The highest BCUT2D eigenvalue weighted by Gasteiger charge is 2.22. The van der Waals surface area contributed by atoms with Crippen molar-refractivity contribution in [2.75, 3.05) is 11.9 Å². The number of hydrogen-bond acceptors (Lipinski definition) is 5. The predicted molar refractivity (Wildman–Crippen MR) is 142 cm³/mol. The van der Waals surface area contributed by atoms with Crippen LogP contribution in [0.4, 0.5) is 5.82 Å². The van der Waals surface area contributed by atoms with Crippen LogP contribution in [0.1, 0.15) is 71.1 Å². The normalized spacial score (nSPS) is 13.3. The van der Waals surface area contributed by atoms with Crippen LogP contribution >= 0.6 is 0 Å². The Bertz CT molecular complexity index is 1290. The number of aromatic nitrogens is 5. The van der Waals surface area contributed by atoms with Crippen LogP contribution in [0, 0.1) is 13.8 Å². The lowest BCUT2D eigenvalue weighted by Crippen LogP contribution is -2.43. The molecule has 0 aliphatic rings. The summed E-state index contributed by atoms with van der Waals surface area (Å²) in [4.78, 5) is 15.7. The minimum absolute atomic E-state index is 0.287. The molecule has 4 aromatic heterocycles. The van der Waals surface area contributed by atoms with E-state index in [9.17, 15) is 0 Å². The summed E-state index contributed by atoms with van der Waals surface area (Å²) < 4.78 is 1.87. The van der Waals surface area contributed by atoms with Gasteiger partial charge in [0.15, 0.2) is 5.65 Å². The first-order valence-electron chi connectivity index (χ1n) is 12.4. The molecule has 4 aromatic rings. The average molecular weight is 462 g/mol. The molecule has 0 spiro atoms. The third kappa shape index (κ3) is 4.41. The Morgan fingerprint density at radius 2 is 1.71 bits per heavy atom. The van der Waals surface area contributed by atoms with Gasteiger partial charge in [0.2, 0.25) is 0 Å². The molecule has 1 atom stereocenters. The van der Waals surface area contributed by atoms with Crippen molar-refractivity contribution in [2.45, 2.75) is 86.4 Å². The van der Waals surface area contributed by atoms with Gasteiger partial charge in [0.05, 0.1) is 16.7 Å². The molecule has 0 saturated carbocycles. The van der Waals surface area contributed by atoms with E-state index >= 15 is 0 Å². The molecule has 0 saturated heterocycles. The summed E-state index contributed by atoms with van der Waals surface area (Å²) in [6, 6.07) is 5.53.